The maximum Gasteiger partial charge on any atom is 0.253 e. The molecular weight excluding hydrogens is 354 g/mol. The molecule has 0 spiro atoms. The molecule has 0 unspecified atom stereocenters. The molecule has 26 heavy (non-hydrogen) atoms. The average Bonchev–Trinajstić information content (AvgIpc) is 3.29. The van der Waals surface area contributed by atoms with Crippen LogP contribution in [0.4, 0.5) is 0 Å². The van der Waals surface area contributed by atoms with Crippen LogP contribution >= 0.6 is 11.3 Å². The Balaban J connectivity index is 1.44. The zero-order valence-electron chi connectivity index (χ0n) is 14.6. The second-order valence-electron chi connectivity index (χ2n) is 6.13. The number of hydrogen-bond acceptors (Lipinski definition) is 7. The summed E-state index contributed by atoms with van der Waals surface area (Å²) in [6, 6.07) is 5.27. The van der Waals surface area contributed by atoms with E-state index in [9.17, 15) is 4.79 Å². The number of likely N-dealkylation sites (tertiary alicyclic amines) is 1. The van der Waals surface area contributed by atoms with Crippen LogP contribution in [0.15, 0.2) is 24.5 Å². The maximum atomic E-state index is 12.8. The third kappa shape index (κ3) is 2.98. The quantitative estimate of drug-likeness (QED) is 0.697. The summed E-state index contributed by atoms with van der Waals surface area (Å²) in [5.74, 6) is 1.55. The van der Waals surface area contributed by atoms with Gasteiger partial charge in [0.15, 0.2) is 11.5 Å². The molecule has 2 aromatic heterocycles. The number of carbonyl (C=O) groups excluding carboxylic acids is 1. The van der Waals surface area contributed by atoms with Gasteiger partial charge in [-0.05, 0) is 31.0 Å². The summed E-state index contributed by atoms with van der Waals surface area (Å²) in [5.41, 5.74) is 0.611. The Morgan fingerprint density at radius 1 is 1.19 bits per heavy atom. The van der Waals surface area contributed by atoms with Crippen molar-refractivity contribution < 1.29 is 14.3 Å². The second kappa shape index (κ2) is 6.91. The molecule has 0 aliphatic carbocycles. The SMILES string of the molecule is COc1ccc(C(=O)N2CCC(c3nn4cnnc4s3)CC2)cc1OC. The lowest BCUT2D eigenvalue weighted by Crippen LogP contribution is -2.37. The van der Waals surface area contributed by atoms with E-state index in [1.54, 1.807) is 54.6 Å². The summed E-state index contributed by atoms with van der Waals surface area (Å²) in [5, 5.41) is 13.5. The van der Waals surface area contributed by atoms with Crippen molar-refractivity contribution in [3.05, 3.63) is 35.1 Å². The van der Waals surface area contributed by atoms with Gasteiger partial charge in [-0.3, -0.25) is 4.79 Å². The molecule has 1 saturated heterocycles. The maximum absolute atomic E-state index is 12.8. The molecule has 3 aromatic rings. The molecule has 9 heteroatoms. The van der Waals surface area contributed by atoms with E-state index >= 15 is 0 Å². The van der Waals surface area contributed by atoms with E-state index in [-0.39, 0.29) is 5.91 Å². The minimum absolute atomic E-state index is 0.0162. The molecule has 4 rings (SSSR count). The number of nitrogens with zero attached hydrogens (tertiary/aromatic N) is 5. The lowest BCUT2D eigenvalue weighted by molar-refractivity contribution is 0.0712. The standard InChI is InChI=1S/C17H19N5O3S/c1-24-13-4-3-12(9-14(13)25-2)16(23)21-7-5-11(6-8-21)15-20-22-10-18-19-17(22)26-15/h3-4,9-11H,5-8H2,1-2H3. The third-order valence-corrected chi connectivity index (χ3v) is 5.74. The smallest absolute Gasteiger partial charge is 0.253 e. The van der Waals surface area contributed by atoms with Gasteiger partial charge in [0.05, 0.1) is 14.2 Å². The Morgan fingerprint density at radius 2 is 1.96 bits per heavy atom. The molecule has 1 aromatic carbocycles. The third-order valence-electron chi connectivity index (χ3n) is 4.66. The summed E-state index contributed by atoms with van der Waals surface area (Å²) in [7, 11) is 3.15. The van der Waals surface area contributed by atoms with E-state index in [2.05, 4.69) is 15.3 Å². The van der Waals surface area contributed by atoms with Crippen LogP contribution in [0.25, 0.3) is 4.96 Å². The molecule has 136 valence electrons. The van der Waals surface area contributed by atoms with Crippen LogP contribution in [-0.4, -0.2) is 57.9 Å². The van der Waals surface area contributed by atoms with E-state index in [0.29, 0.717) is 36.1 Å². The number of carbonyl (C=O) groups is 1. The fourth-order valence-electron chi connectivity index (χ4n) is 3.22. The van der Waals surface area contributed by atoms with Crippen LogP contribution in [0.1, 0.15) is 34.1 Å². The van der Waals surface area contributed by atoms with E-state index in [0.717, 1.165) is 22.8 Å². The van der Waals surface area contributed by atoms with Crippen LogP contribution in [-0.2, 0) is 0 Å². The molecule has 0 bridgehead atoms. The molecule has 1 aliphatic heterocycles. The fraction of sp³-hybridized carbons (Fsp3) is 0.412. The van der Waals surface area contributed by atoms with Crippen molar-refractivity contribution in [2.24, 2.45) is 0 Å². The lowest BCUT2D eigenvalue weighted by atomic mass is 9.97. The topological polar surface area (TPSA) is 81.9 Å². The number of piperidine rings is 1. The zero-order chi connectivity index (χ0) is 18.1. The fourth-order valence-corrected chi connectivity index (χ4v) is 4.21. The van der Waals surface area contributed by atoms with Crippen molar-refractivity contribution in [2.75, 3.05) is 27.3 Å². The van der Waals surface area contributed by atoms with Crippen LogP contribution in [0.5, 0.6) is 11.5 Å². The van der Waals surface area contributed by atoms with Crippen molar-refractivity contribution in [2.45, 2.75) is 18.8 Å². The number of rotatable bonds is 4. The molecule has 3 heterocycles. The predicted octanol–water partition coefficient (Wildman–Crippen LogP) is 2.22. The van der Waals surface area contributed by atoms with E-state index < -0.39 is 0 Å². The van der Waals surface area contributed by atoms with Gasteiger partial charge in [0.25, 0.3) is 5.91 Å². The molecule has 8 nitrogen and oxygen atoms in total. The van der Waals surface area contributed by atoms with Crippen molar-refractivity contribution >= 4 is 22.2 Å². The van der Waals surface area contributed by atoms with Crippen molar-refractivity contribution in [3.8, 4) is 11.5 Å². The number of ether oxygens (including phenoxy) is 2. The minimum atomic E-state index is 0.0162. The molecule has 1 fully saturated rings. The van der Waals surface area contributed by atoms with Gasteiger partial charge in [-0.25, -0.2) is 0 Å². The summed E-state index contributed by atoms with van der Waals surface area (Å²) in [6.45, 7) is 1.41. The molecule has 1 aliphatic rings. The van der Waals surface area contributed by atoms with Gasteiger partial charge in [-0.15, -0.1) is 10.2 Å². The highest BCUT2D eigenvalue weighted by Gasteiger charge is 2.27. The minimum Gasteiger partial charge on any atom is -0.493 e. The molecule has 0 atom stereocenters. The number of aromatic nitrogens is 4. The summed E-state index contributed by atoms with van der Waals surface area (Å²) in [4.78, 5) is 15.5. The second-order valence-corrected chi connectivity index (χ2v) is 7.12. The first-order chi connectivity index (χ1) is 12.7. The van der Waals surface area contributed by atoms with Crippen LogP contribution < -0.4 is 9.47 Å². The van der Waals surface area contributed by atoms with Crippen LogP contribution in [0.2, 0.25) is 0 Å². The summed E-state index contributed by atoms with van der Waals surface area (Å²) in [6.07, 6.45) is 3.40. The van der Waals surface area contributed by atoms with Gasteiger partial charge in [0, 0.05) is 24.6 Å². The Kier molecular flexibility index (Phi) is 4.46. The van der Waals surface area contributed by atoms with Gasteiger partial charge < -0.3 is 14.4 Å². The van der Waals surface area contributed by atoms with Crippen LogP contribution in [0.3, 0.4) is 0 Å². The van der Waals surface area contributed by atoms with Gasteiger partial charge in [0.2, 0.25) is 4.96 Å². The lowest BCUT2D eigenvalue weighted by Gasteiger charge is -2.31. The highest BCUT2D eigenvalue weighted by molar-refractivity contribution is 7.16. The van der Waals surface area contributed by atoms with Gasteiger partial charge >= 0.3 is 0 Å². The first kappa shape index (κ1) is 16.8. The predicted molar refractivity (Wildman–Crippen MR) is 96.1 cm³/mol. The Labute approximate surface area is 154 Å². The molecule has 0 radical (unpaired) electrons. The number of benzene rings is 1. The number of amides is 1. The normalized spacial score (nSPS) is 15.4. The van der Waals surface area contributed by atoms with E-state index in [1.807, 2.05) is 4.90 Å². The molecule has 1 amide bonds. The Bertz CT molecular complexity index is 901. The number of methoxy groups -OCH3 is 2. The zero-order valence-corrected chi connectivity index (χ0v) is 15.4. The van der Waals surface area contributed by atoms with Gasteiger partial charge in [-0.2, -0.15) is 9.61 Å². The number of fused-ring (bicyclic) bond motifs is 1. The first-order valence-corrected chi connectivity index (χ1v) is 9.19. The monoisotopic (exact) mass is 373 g/mol. The molecule has 0 N–H and O–H groups in total. The summed E-state index contributed by atoms with van der Waals surface area (Å²) < 4.78 is 12.2. The van der Waals surface area contributed by atoms with Crippen molar-refractivity contribution in [1.29, 1.82) is 0 Å². The summed E-state index contributed by atoms with van der Waals surface area (Å²) >= 11 is 1.57. The Hall–Kier alpha value is -2.68. The molecule has 0 saturated carbocycles. The van der Waals surface area contributed by atoms with Crippen molar-refractivity contribution in [1.82, 2.24) is 24.7 Å². The van der Waals surface area contributed by atoms with Gasteiger partial charge in [0.1, 0.15) is 11.3 Å². The average molecular weight is 373 g/mol. The van der Waals surface area contributed by atoms with E-state index in [4.69, 9.17) is 9.47 Å². The van der Waals surface area contributed by atoms with Gasteiger partial charge in [-0.1, -0.05) is 11.3 Å². The van der Waals surface area contributed by atoms with Crippen molar-refractivity contribution in [3.63, 3.8) is 0 Å². The van der Waals surface area contributed by atoms with Crippen LogP contribution in [0, 0.1) is 0 Å². The molecular formula is C17H19N5O3S. The first-order valence-electron chi connectivity index (χ1n) is 8.37. The highest BCUT2D eigenvalue weighted by Crippen LogP contribution is 2.32. The number of hydrogen-bond donors (Lipinski definition) is 0. The largest absolute Gasteiger partial charge is 0.493 e. The highest BCUT2D eigenvalue weighted by atomic mass is 32.1. The Morgan fingerprint density at radius 3 is 2.65 bits per heavy atom. The van der Waals surface area contributed by atoms with E-state index in [1.165, 1.54) is 0 Å².